The van der Waals surface area contributed by atoms with E-state index in [1.165, 1.54) is 21.8 Å². The van der Waals surface area contributed by atoms with Crippen LogP contribution in [-0.2, 0) is 6.42 Å². The van der Waals surface area contributed by atoms with Crippen molar-refractivity contribution in [3.63, 3.8) is 0 Å². The van der Waals surface area contributed by atoms with Crippen molar-refractivity contribution >= 4 is 17.2 Å². The summed E-state index contributed by atoms with van der Waals surface area (Å²) in [5, 5.41) is 13.0. The first-order valence-corrected chi connectivity index (χ1v) is 7.81. The molecule has 1 aromatic rings. The highest BCUT2D eigenvalue weighted by atomic mass is 32.1. The lowest BCUT2D eigenvalue weighted by molar-refractivity contribution is 0.0326. The fraction of sp³-hybridized carbons (Fsp3) is 0.667. The van der Waals surface area contributed by atoms with Crippen LogP contribution in [0.3, 0.4) is 0 Å². The Morgan fingerprint density at radius 1 is 1.50 bits per heavy atom. The van der Waals surface area contributed by atoms with Gasteiger partial charge in [0.25, 0.3) is 5.91 Å². The highest BCUT2D eigenvalue weighted by molar-refractivity contribution is 7.14. The molecule has 1 aromatic heterocycles. The summed E-state index contributed by atoms with van der Waals surface area (Å²) in [4.78, 5) is 16.0. The number of rotatable bonds is 7. The molecule has 0 saturated heterocycles. The molecule has 0 spiro atoms. The lowest BCUT2D eigenvalue weighted by Gasteiger charge is -2.26. The molecular weight excluding hydrogens is 272 g/mol. The van der Waals surface area contributed by atoms with E-state index in [0.29, 0.717) is 6.54 Å². The molecule has 0 aliphatic rings. The number of aliphatic hydroxyl groups is 1. The van der Waals surface area contributed by atoms with Crippen molar-refractivity contribution in [3.8, 4) is 0 Å². The summed E-state index contributed by atoms with van der Waals surface area (Å²) in [6, 6.07) is 1.97. The van der Waals surface area contributed by atoms with E-state index >= 15 is 0 Å². The van der Waals surface area contributed by atoms with E-state index in [-0.39, 0.29) is 12.5 Å². The molecular formula is C15H26N2O2S. The number of thiophene rings is 1. The van der Waals surface area contributed by atoms with E-state index in [4.69, 9.17) is 0 Å². The number of hydrogen-bond donors (Lipinski definition) is 2. The molecule has 1 heterocycles. The first-order valence-electron chi connectivity index (χ1n) is 7.00. The SMILES string of the molecule is CCCc1cc(C(=O)NCC(C)(O)CN(C)C)sc1C. The van der Waals surface area contributed by atoms with Crippen molar-refractivity contribution in [1.82, 2.24) is 10.2 Å². The van der Waals surface area contributed by atoms with E-state index < -0.39 is 5.60 Å². The Labute approximate surface area is 125 Å². The lowest BCUT2D eigenvalue weighted by Crippen LogP contribution is -2.47. The van der Waals surface area contributed by atoms with Crippen molar-refractivity contribution in [1.29, 1.82) is 0 Å². The zero-order chi connectivity index (χ0) is 15.3. The number of amides is 1. The summed E-state index contributed by atoms with van der Waals surface area (Å²) in [6.07, 6.45) is 2.09. The smallest absolute Gasteiger partial charge is 0.261 e. The Morgan fingerprint density at radius 3 is 2.70 bits per heavy atom. The molecule has 2 N–H and O–H groups in total. The van der Waals surface area contributed by atoms with Gasteiger partial charge in [-0.25, -0.2) is 0 Å². The topological polar surface area (TPSA) is 52.6 Å². The van der Waals surface area contributed by atoms with Crippen LogP contribution in [-0.4, -0.2) is 48.7 Å². The van der Waals surface area contributed by atoms with Crippen molar-refractivity contribution < 1.29 is 9.90 Å². The van der Waals surface area contributed by atoms with Crippen LogP contribution in [0.4, 0.5) is 0 Å². The maximum absolute atomic E-state index is 12.1. The number of carbonyl (C=O) groups is 1. The first kappa shape index (κ1) is 17.1. The van der Waals surface area contributed by atoms with Gasteiger partial charge in [0.2, 0.25) is 0 Å². The molecule has 1 atom stereocenters. The van der Waals surface area contributed by atoms with Crippen LogP contribution in [0.25, 0.3) is 0 Å². The Hall–Kier alpha value is -0.910. The molecule has 4 nitrogen and oxygen atoms in total. The zero-order valence-corrected chi connectivity index (χ0v) is 13.9. The Bertz CT molecular complexity index is 453. The van der Waals surface area contributed by atoms with E-state index in [0.717, 1.165) is 17.7 Å². The molecule has 0 bridgehead atoms. The molecule has 0 aliphatic heterocycles. The van der Waals surface area contributed by atoms with Crippen LogP contribution in [0, 0.1) is 6.92 Å². The third-order valence-corrected chi connectivity index (χ3v) is 4.14. The maximum Gasteiger partial charge on any atom is 0.261 e. The number of nitrogens with zero attached hydrogens (tertiary/aromatic N) is 1. The van der Waals surface area contributed by atoms with E-state index in [9.17, 15) is 9.90 Å². The quantitative estimate of drug-likeness (QED) is 0.810. The van der Waals surface area contributed by atoms with Gasteiger partial charge in [-0.2, -0.15) is 0 Å². The number of likely N-dealkylation sites (N-methyl/N-ethyl adjacent to an activating group) is 1. The van der Waals surface area contributed by atoms with Crippen LogP contribution in [0.2, 0.25) is 0 Å². The summed E-state index contributed by atoms with van der Waals surface area (Å²) in [5.41, 5.74) is 0.334. The largest absolute Gasteiger partial charge is 0.387 e. The molecule has 0 aromatic carbocycles. The molecule has 0 saturated carbocycles. The normalized spacial score (nSPS) is 14.3. The average Bonchev–Trinajstić information content (AvgIpc) is 2.67. The third-order valence-electron chi connectivity index (χ3n) is 3.05. The van der Waals surface area contributed by atoms with Crippen LogP contribution >= 0.6 is 11.3 Å². The number of hydrogen-bond acceptors (Lipinski definition) is 4. The Kier molecular flexibility index (Phi) is 6.17. The van der Waals surface area contributed by atoms with E-state index in [2.05, 4.69) is 19.2 Å². The van der Waals surface area contributed by atoms with Crippen LogP contribution in [0.5, 0.6) is 0 Å². The van der Waals surface area contributed by atoms with Crippen LogP contribution < -0.4 is 5.32 Å². The standard InChI is InChI=1S/C15H26N2O2S/c1-6-7-12-8-13(20-11(12)2)14(18)16-9-15(3,19)10-17(4)5/h8,19H,6-7,9-10H2,1-5H3,(H,16,18). The number of nitrogens with one attached hydrogen (secondary N) is 1. The van der Waals surface area contributed by atoms with Gasteiger partial charge in [-0.1, -0.05) is 13.3 Å². The second kappa shape index (κ2) is 7.20. The van der Waals surface area contributed by atoms with Gasteiger partial charge in [-0.3, -0.25) is 4.79 Å². The predicted octanol–water partition coefficient (Wildman–Crippen LogP) is 2.05. The molecule has 0 aliphatic carbocycles. The molecule has 114 valence electrons. The summed E-state index contributed by atoms with van der Waals surface area (Å²) in [7, 11) is 3.80. The first-order chi connectivity index (χ1) is 9.25. The van der Waals surface area contributed by atoms with Crippen molar-refractivity contribution in [2.24, 2.45) is 0 Å². The molecule has 20 heavy (non-hydrogen) atoms. The van der Waals surface area contributed by atoms with Crippen molar-refractivity contribution in [3.05, 3.63) is 21.4 Å². The summed E-state index contributed by atoms with van der Waals surface area (Å²) in [5.74, 6) is -0.0977. The van der Waals surface area contributed by atoms with Gasteiger partial charge in [0.05, 0.1) is 10.5 Å². The molecule has 0 radical (unpaired) electrons. The van der Waals surface area contributed by atoms with Gasteiger partial charge < -0.3 is 15.3 Å². The van der Waals surface area contributed by atoms with E-state index in [1.807, 2.05) is 25.1 Å². The third kappa shape index (κ3) is 5.23. The Morgan fingerprint density at radius 2 is 2.15 bits per heavy atom. The summed E-state index contributed by atoms with van der Waals surface area (Å²) < 4.78 is 0. The van der Waals surface area contributed by atoms with Crippen molar-refractivity contribution in [2.75, 3.05) is 27.2 Å². The van der Waals surface area contributed by atoms with Gasteiger partial charge in [-0.05, 0) is 46.0 Å². The van der Waals surface area contributed by atoms with Gasteiger partial charge in [0, 0.05) is 18.0 Å². The highest BCUT2D eigenvalue weighted by Gasteiger charge is 2.23. The minimum Gasteiger partial charge on any atom is -0.387 e. The fourth-order valence-electron chi connectivity index (χ4n) is 2.24. The Balaban J connectivity index is 2.61. The summed E-state index contributed by atoms with van der Waals surface area (Å²) in [6.45, 7) is 6.68. The molecule has 1 rings (SSSR count). The zero-order valence-electron chi connectivity index (χ0n) is 13.1. The second-order valence-corrected chi connectivity index (χ2v) is 7.12. The van der Waals surface area contributed by atoms with E-state index in [1.54, 1.807) is 6.92 Å². The van der Waals surface area contributed by atoms with Crippen LogP contribution in [0.15, 0.2) is 6.07 Å². The monoisotopic (exact) mass is 298 g/mol. The average molecular weight is 298 g/mol. The molecule has 1 amide bonds. The highest BCUT2D eigenvalue weighted by Crippen LogP contribution is 2.22. The number of carbonyl (C=O) groups excluding carboxylic acids is 1. The van der Waals surface area contributed by atoms with Gasteiger partial charge in [0.1, 0.15) is 0 Å². The molecule has 5 heteroatoms. The maximum atomic E-state index is 12.1. The lowest BCUT2D eigenvalue weighted by atomic mass is 10.1. The molecule has 1 unspecified atom stereocenters. The van der Waals surface area contributed by atoms with Gasteiger partial charge >= 0.3 is 0 Å². The second-order valence-electron chi connectivity index (χ2n) is 5.86. The van der Waals surface area contributed by atoms with Gasteiger partial charge in [-0.15, -0.1) is 11.3 Å². The minimum absolute atomic E-state index is 0.0977. The molecule has 0 fully saturated rings. The summed E-state index contributed by atoms with van der Waals surface area (Å²) >= 11 is 1.52. The van der Waals surface area contributed by atoms with Crippen molar-refractivity contribution in [2.45, 2.75) is 39.2 Å². The fourth-order valence-corrected chi connectivity index (χ4v) is 3.23. The minimum atomic E-state index is -0.919. The number of aryl methyl sites for hydroxylation is 2. The van der Waals surface area contributed by atoms with Crippen LogP contribution in [0.1, 0.15) is 40.4 Å². The predicted molar refractivity (Wildman–Crippen MR) is 84.6 cm³/mol. The van der Waals surface area contributed by atoms with Gasteiger partial charge in [0.15, 0.2) is 0 Å².